The minimum Gasteiger partial charge on any atom is -0.142 e. The van der Waals surface area contributed by atoms with Gasteiger partial charge < -0.3 is 0 Å². The molecule has 20 heavy (non-hydrogen) atoms. The lowest BCUT2D eigenvalue weighted by Crippen LogP contribution is -1.82. The minimum absolute atomic E-state index is 0.807. The molecule has 0 unspecified atom stereocenters. The summed E-state index contributed by atoms with van der Waals surface area (Å²) in [7, 11) is 0. The quantitative estimate of drug-likeness (QED) is 0.358. The highest BCUT2D eigenvalue weighted by Gasteiger charge is 2.11. The van der Waals surface area contributed by atoms with Crippen molar-refractivity contribution in [2.45, 2.75) is 0 Å². The largest absolute Gasteiger partial charge is 0.142 e. The van der Waals surface area contributed by atoms with Crippen molar-refractivity contribution in [3.8, 4) is 10.4 Å². The number of thiophene rings is 1. The van der Waals surface area contributed by atoms with E-state index in [4.69, 9.17) is 11.6 Å². The zero-order valence-electron chi connectivity index (χ0n) is 10.6. The van der Waals surface area contributed by atoms with Crippen LogP contribution < -0.4 is 0 Å². The van der Waals surface area contributed by atoms with Gasteiger partial charge in [-0.2, -0.15) is 0 Å². The summed E-state index contributed by atoms with van der Waals surface area (Å²) in [6.45, 7) is 0. The van der Waals surface area contributed by atoms with Crippen molar-refractivity contribution in [3.05, 3.63) is 71.1 Å². The molecule has 0 amide bonds. The molecule has 4 rings (SSSR count). The fraction of sp³-hybridized carbons (Fsp3) is 0. The highest BCUT2D eigenvalue weighted by atomic mass is 35.5. The molecule has 0 radical (unpaired) electrons. The van der Waals surface area contributed by atoms with E-state index in [9.17, 15) is 0 Å². The Morgan fingerprint density at radius 3 is 1.90 bits per heavy atom. The van der Waals surface area contributed by atoms with Gasteiger partial charge in [-0.05, 0) is 33.7 Å². The summed E-state index contributed by atoms with van der Waals surface area (Å²) in [5, 5.41) is 7.90. The van der Waals surface area contributed by atoms with Crippen molar-refractivity contribution in [3.63, 3.8) is 0 Å². The molecular weight excluding hydrogens is 284 g/mol. The van der Waals surface area contributed by atoms with E-state index < -0.39 is 0 Å². The van der Waals surface area contributed by atoms with Gasteiger partial charge in [-0.25, -0.2) is 0 Å². The van der Waals surface area contributed by atoms with Gasteiger partial charge in [-0.1, -0.05) is 60.1 Å². The number of halogens is 1. The highest BCUT2D eigenvalue weighted by Crippen LogP contribution is 2.39. The van der Waals surface area contributed by atoms with Gasteiger partial charge >= 0.3 is 0 Å². The second kappa shape index (κ2) is 4.62. The summed E-state index contributed by atoms with van der Waals surface area (Å²) in [6, 6.07) is 21.4. The fourth-order valence-electron chi connectivity index (χ4n) is 2.72. The molecule has 0 saturated carbocycles. The number of hydrogen-bond donors (Lipinski definition) is 0. The average Bonchev–Trinajstić information content (AvgIpc) is 2.91. The van der Waals surface area contributed by atoms with Crippen molar-refractivity contribution in [2.24, 2.45) is 0 Å². The van der Waals surface area contributed by atoms with Crippen LogP contribution >= 0.6 is 22.9 Å². The maximum atomic E-state index is 6.12. The van der Waals surface area contributed by atoms with Crippen LogP contribution in [0.25, 0.3) is 32.0 Å². The van der Waals surface area contributed by atoms with Gasteiger partial charge in [0.25, 0.3) is 0 Å². The second-order valence-corrected chi connectivity index (χ2v) is 6.17. The van der Waals surface area contributed by atoms with Gasteiger partial charge in [-0.15, -0.1) is 11.3 Å². The van der Waals surface area contributed by atoms with Crippen LogP contribution in [0.15, 0.2) is 66.0 Å². The van der Waals surface area contributed by atoms with E-state index >= 15 is 0 Å². The molecule has 0 fully saturated rings. The molecule has 0 aliphatic carbocycles. The molecule has 96 valence electrons. The fourth-order valence-corrected chi connectivity index (χ4v) is 3.87. The van der Waals surface area contributed by atoms with Crippen molar-refractivity contribution < 1.29 is 0 Å². The van der Waals surface area contributed by atoms with Crippen molar-refractivity contribution in [2.75, 3.05) is 0 Å². The number of hydrogen-bond acceptors (Lipinski definition) is 1. The van der Waals surface area contributed by atoms with E-state index in [1.165, 1.54) is 32.0 Å². The lowest BCUT2D eigenvalue weighted by Gasteiger charge is -2.10. The third-order valence-corrected chi connectivity index (χ3v) is 4.88. The van der Waals surface area contributed by atoms with E-state index in [-0.39, 0.29) is 0 Å². The standard InChI is InChI=1S/C18H11ClS/c19-14-10-17(20-11-14)18-15-7-3-1-5-12(15)9-13-6-2-4-8-16(13)18/h1-11H. The van der Waals surface area contributed by atoms with E-state index in [1.54, 1.807) is 11.3 Å². The van der Waals surface area contributed by atoms with Crippen LogP contribution in [-0.2, 0) is 0 Å². The van der Waals surface area contributed by atoms with E-state index in [0.29, 0.717) is 0 Å². The van der Waals surface area contributed by atoms with Crippen LogP contribution in [0.1, 0.15) is 0 Å². The average molecular weight is 295 g/mol. The topological polar surface area (TPSA) is 0 Å². The zero-order chi connectivity index (χ0) is 13.5. The van der Waals surface area contributed by atoms with Gasteiger partial charge in [0.2, 0.25) is 0 Å². The molecule has 0 N–H and O–H groups in total. The summed E-state index contributed by atoms with van der Waals surface area (Å²) in [5.74, 6) is 0. The maximum Gasteiger partial charge on any atom is 0.0519 e. The lowest BCUT2D eigenvalue weighted by molar-refractivity contribution is 1.75. The summed E-state index contributed by atoms with van der Waals surface area (Å²) in [6.07, 6.45) is 0. The molecule has 0 aliphatic heterocycles. The Hall–Kier alpha value is -1.83. The predicted molar refractivity (Wildman–Crippen MR) is 89.8 cm³/mol. The van der Waals surface area contributed by atoms with Crippen molar-refractivity contribution >= 4 is 44.5 Å². The third-order valence-electron chi connectivity index (χ3n) is 3.59. The molecule has 1 aromatic heterocycles. The number of fused-ring (bicyclic) bond motifs is 2. The predicted octanol–water partition coefficient (Wildman–Crippen LogP) is 6.37. The van der Waals surface area contributed by atoms with Crippen LogP contribution in [0.4, 0.5) is 0 Å². The molecule has 4 aromatic rings. The molecule has 0 nitrogen and oxygen atoms in total. The second-order valence-electron chi connectivity index (χ2n) is 4.82. The zero-order valence-corrected chi connectivity index (χ0v) is 12.2. The Labute approximate surface area is 126 Å². The Morgan fingerprint density at radius 1 is 0.750 bits per heavy atom. The molecule has 1 heterocycles. The van der Waals surface area contributed by atoms with Gasteiger partial charge in [-0.3, -0.25) is 0 Å². The monoisotopic (exact) mass is 294 g/mol. The van der Waals surface area contributed by atoms with Gasteiger partial charge in [0, 0.05) is 15.8 Å². The van der Waals surface area contributed by atoms with Crippen LogP contribution in [0.5, 0.6) is 0 Å². The van der Waals surface area contributed by atoms with Crippen LogP contribution in [-0.4, -0.2) is 0 Å². The molecule has 0 saturated heterocycles. The highest BCUT2D eigenvalue weighted by molar-refractivity contribution is 7.14. The number of benzene rings is 3. The first-order valence-electron chi connectivity index (χ1n) is 6.48. The normalized spacial score (nSPS) is 11.2. The molecule has 0 atom stereocenters. The molecule has 2 heteroatoms. The maximum absolute atomic E-state index is 6.12. The Kier molecular flexibility index (Phi) is 2.76. The van der Waals surface area contributed by atoms with Gasteiger partial charge in [0.05, 0.1) is 5.02 Å². The van der Waals surface area contributed by atoms with E-state index in [0.717, 1.165) is 5.02 Å². The van der Waals surface area contributed by atoms with Crippen LogP contribution in [0.3, 0.4) is 0 Å². The van der Waals surface area contributed by atoms with Gasteiger partial charge in [0.1, 0.15) is 0 Å². The summed E-state index contributed by atoms with van der Waals surface area (Å²) in [5.41, 5.74) is 1.29. The van der Waals surface area contributed by atoms with Crippen molar-refractivity contribution in [1.82, 2.24) is 0 Å². The molecule has 0 spiro atoms. The molecule has 3 aromatic carbocycles. The first kappa shape index (κ1) is 12.0. The Bertz CT molecular complexity index is 867. The third kappa shape index (κ3) is 1.82. The number of rotatable bonds is 1. The smallest absolute Gasteiger partial charge is 0.0519 e. The van der Waals surface area contributed by atoms with Crippen LogP contribution in [0, 0.1) is 0 Å². The Balaban J connectivity index is 2.23. The van der Waals surface area contributed by atoms with Gasteiger partial charge in [0.15, 0.2) is 0 Å². The lowest BCUT2D eigenvalue weighted by atomic mass is 9.96. The summed E-state index contributed by atoms with van der Waals surface area (Å²) < 4.78 is 0. The van der Waals surface area contributed by atoms with Crippen molar-refractivity contribution in [1.29, 1.82) is 0 Å². The van der Waals surface area contributed by atoms with Crippen LogP contribution in [0.2, 0.25) is 5.02 Å². The van der Waals surface area contributed by atoms with E-state index in [1.807, 2.05) is 5.38 Å². The first-order valence-corrected chi connectivity index (χ1v) is 7.73. The minimum atomic E-state index is 0.807. The molecule has 0 bridgehead atoms. The molecule has 0 aliphatic rings. The van der Waals surface area contributed by atoms with E-state index in [2.05, 4.69) is 60.7 Å². The summed E-state index contributed by atoms with van der Waals surface area (Å²) in [4.78, 5) is 1.23. The molecular formula is C18H11ClS. The SMILES string of the molecule is Clc1csc(-c2c3ccccc3cc3ccccc23)c1. The Morgan fingerprint density at radius 2 is 1.35 bits per heavy atom. The first-order chi connectivity index (χ1) is 9.83. The summed E-state index contributed by atoms with van der Waals surface area (Å²) >= 11 is 7.82.